The van der Waals surface area contributed by atoms with Gasteiger partial charge in [0, 0.05) is 27.4 Å². The minimum absolute atomic E-state index is 0.230. The molecule has 0 spiro atoms. The van der Waals surface area contributed by atoms with Gasteiger partial charge in [-0.05, 0) is 36.2 Å². The first-order chi connectivity index (χ1) is 15.1. The van der Waals surface area contributed by atoms with Crippen molar-refractivity contribution in [3.8, 4) is 34.1 Å². The number of aromatic nitrogens is 1. The average molecular weight is 426 g/mol. The maximum Gasteiger partial charge on any atom is 0.142 e. The van der Waals surface area contributed by atoms with Crippen LogP contribution < -0.4 is 10.5 Å². The number of nitrogens with two attached hydrogens (primary N) is 1. The molecule has 1 aromatic heterocycles. The first-order valence-corrected chi connectivity index (χ1v) is 10.2. The Labute approximate surface area is 186 Å². The molecule has 4 aromatic rings. The fourth-order valence-electron chi connectivity index (χ4n) is 3.58. The molecule has 0 amide bonds. The zero-order chi connectivity index (χ0) is 21.8. The first-order valence-electron chi connectivity index (χ1n) is 9.80. The molecule has 3 aromatic carbocycles. The van der Waals surface area contributed by atoms with Crippen molar-refractivity contribution in [1.29, 1.82) is 5.26 Å². The van der Waals surface area contributed by atoms with Crippen LogP contribution in [0.1, 0.15) is 16.8 Å². The molecule has 0 radical (unpaired) electrons. The number of hydrogen-bond donors (Lipinski definition) is 1. The van der Waals surface area contributed by atoms with Crippen LogP contribution in [0.15, 0.2) is 78.9 Å². The molecule has 4 rings (SSSR count). The summed E-state index contributed by atoms with van der Waals surface area (Å²) in [7, 11) is 0. The zero-order valence-electron chi connectivity index (χ0n) is 17.0. The van der Waals surface area contributed by atoms with Crippen molar-refractivity contribution in [2.45, 2.75) is 13.5 Å². The number of benzene rings is 3. The van der Waals surface area contributed by atoms with Crippen LogP contribution >= 0.6 is 11.6 Å². The van der Waals surface area contributed by atoms with E-state index in [1.54, 1.807) is 0 Å². The third-order valence-corrected chi connectivity index (χ3v) is 5.44. The van der Waals surface area contributed by atoms with Gasteiger partial charge in [0.05, 0.1) is 0 Å². The van der Waals surface area contributed by atoms with Crippen LogP contribution in [0, 0.1) is 18.3 Å². The molecule has 0 aliphatic carbocycles. The van der Waals surface area contributed by atoms with E-state index in [9.17, 15) is 5.26 Å². The fraction of sp³-hybridized carbons (Fsp3) is 0.0769. The standard InChI is InChI=1S/C26H20ClN3O/c1-17-24(18-7-3-2-4-8-18)25(22(15-28)26(29)30-17)19-11-13-21(14-12-19)31-16-20-9-5-6-10-23(20)27/h2-14H,16H2,1H3,(H2,29,30). The van der Waals surface area contributed by atoms with Crippen LogP contribution in [0.4, 0.5) is 5.82 Å². The number of aryl methyl sites for hydroxylation is 1. The molecule has 4 nitrogen and oxygen atoms in total. The Morgan fingerprint density at radius 3 is 2.23 bits per heavy atom. The molecular formula is C26H20ClN3O. The summed E-state index contributed by atoms with van der Waals surface area (Å²) in [5.41, 5.74) is 11.7. The van der Waals surface area contributed by atoms with Crippen LogP contribution in [0.2, 0.25) is 5.02 Å². The maximum atomic E-state index is 9.81. The highest BCUT2D eigenvalue weighted by molar-refractivity contribution is 6.31. The Morgan fingerprint density at radius 1 is 0.903 bits per heavy atom. The van der Waals surface area contributed by atoms with E-state index in [2.05, 4.69) is 11.1 Å². The number of hydrogen-bond acceptors (Lipinski definition) is 4. The van der Waals surface area contributed by atoms with E-state index in [1.165, 1.54) is 0 Å². The van der Waals surface area contributed by atoms with Gasteiger partial charge >= 0.3 is 0 Å². The molecular weight excluding hydrogens is 406 g/mol. The van der Waals surface area contributed by atoms with Crippen LogP contribution in [0.25, 0.3) is 22.3 Å². The molecule has 1 heterocycles. The van der Waals surface area contributed by atoms with E-state index >= 15 is 0 Å². The topological polar surface area (TPSA) is 71.9 Å². The smallest absolute Gasteiger partial charge is 0.142 e. The molecule has 0 unspecified atom stereocenters. The van der Waals surface area contributed by atoms with Crippen molar-refractivity contribution in [2.24, 2.45) is 0 Å². The molecule has 5 heteroatoms. The lowest BCUT2D eigenvalue weighted by Gasteiger charge is -2.16. The fourth-order valence-corrected chi connectivity index (χ4v) is 3.77. The highest BCUT2D eigenvalue weighted by Crippen LogP contribution is 2.39. The summed E-state index contributed by atoms with van der Waals surface area (Å²) in [5.74, 6) is 0.941. The highest BCUT2D eigenvalue weighted by Gasteiger charge is 2.19. The van der Waals surface area contributed by atoms with Gasteiger partial charge in [0.2, 0.25) is 0 Å². The van der Waals surface area contributed by atoms with Gasteiger partial charge in [0.15, 0.2) is 0 Å². The lowest BCUT2D eigenvalue weighted by Crippen LogP contribution is -2.03. The second-order valence-corrected chi connectivity index (χ2v) is 7.50. The number of halogens is 1. The Hall–Kier alpha value is -3.81. The van der Waals surface area contributed by atoms with Gasteiger partial charge in [0.25, 0.3) is 0 Å². The van der Waals surface area contributed by atoms with E-state index in [-0.39, 0.29) is 5.82 Å². The summed E-state index contributed by atoms with van der Waals surface area (Å²) in [6.45, 7) is 2.28. The van der Waals surface area contributed by atoms with Crippen molar-refractivity contribution < 1.29 is 4.74 Å². The number of anilines is 1. The van der Waals surface area contributed by atoms with Crippen molar-refractivity contribution in [3.05, 3.63) is 101 Å². The molecule has 152 valence electrons. The molecule has 0 saturated carbocycles. The molecule has 0 fully saturated rings. The number of nitriles is 1. The van der Waals surface area contributed by atoms with Gasteiger partial charge in [-0.2, -0.15) is 5.26 Å². The Balaban J connectivity index is 1.72. The van der Waals surface area contributed by atoms with Crippen LogP contribution in [-0.4, -0.2) is 4.98 Å². The van der Waals surface area contributed by atoms with Crippen molar-refractivity contribution in [2.75, 3.05) is 5.73 Å². The second kappa shape index (κ2) is 8.91. The molecule has 31 heavy (non-hydrogen) atoms. The number of nitrogens with zero attached hydrogens (tertiary/aromatic N) is 2. The SMILES string of the molecule is Cc1nc(N)c(C#N)c(-c2ccc(OCc3ccccc3Cl)cc2)c1-c1ccccc1. The summed E-state index contributed by atoms with van der Waals surface area (Å²) in [6.07, 6.45) is 0. The average Bonchev–Trinajstić information content (AvgIpc) is 2.79. The highest BCUT2D eigenvalue weighted by atomic mass is 35.5. The van der Waals surface area contributed by atoms with E-state index < -0.39 is 0 Å². The quantitative estimate of drug-likeness (QED) is 0.401. The van der Waals surface area contributed by atoms with E-state index in [4.69, 9.17) is 22.1 Å². The largest absolute Gasteiger partial charge is 0.489 e. The number of ether oxygens (including phenoxy) is 1. The summed E-state index contributed by atoms with van der Waals surface area (Å²) >= 11 is 6.21. The molecule has 0 aliphatic heterocycles. The number of nitrogen functional groups attached to an aromatic ring is 1. The van der Waals surface area contributed by atoms with Crippen molar-refractivity contribution in [3.63, 3.8) is 0 Å². The summed E-state index contributed by atoms with van der Waals surface area (Å²) < 4.78 is 5.90. The lowest BCUT2D eigenvalue weighted by molar-refractivity contribution is 0.306. The molecule has 0 aliphatic rings. The van der Waals surface area contributed by atoms with Gasteiger partial charge in [-0.3, -0.25) is 0 Å². The Bertz CT molecular complexity index is 1260. The number of rotatable bonds is 5. The second-order valence-electron chi connectivity index (χ2n) is 7.09. The normalized spacial score (nSPS) is 10.5. The monoisotopic (exact) mass is 425 g/mol. The predicted molar refractivity (Wildman–Crippen MR) is 125 cm³/mol. The maximum absolute atomic E-state index is 9.81. The zero-order valence-corrected chi connectivity index (χ0v) is 17.7. The van der Waals surface area contributed by atoms with Crippen molar-refractivity contribution >= 4 is 17.4 Å². The van der Waals surface area contributed by atoms with E-state index in [1.807, 2.05) is 85.8 Å². The molecule has 2 N–H and O–H groups in total. The third kappa shape index (κ3) is 4.23. The first kappa shape index (κ1) is 20.5. The predicted octanol–water partition coefficient (Wildman–Crippen LogP) is 6.41. The van der Waals surface area contributed by atoms with Gasteiger partial charge in [-0.15, -0.1) is 0 Å². The Kier molecular flexibility index (Phi) is 5.88. The minimum Gasteiger partial charge on any atom is -0.489 e. The number of pyridine rings is 1. The van der Waals surface area contributed by atoms with Crippen LogP contribution in [0.3, 0.4) is 0 Å². The van der Waals surface area contributed by atoms with E-state index in [0.717, 1.165) is 33.5 Å². The van der Waals surface area contributed by atoms with Crippen LogP contribution in [0.5, 0.6) is 5.75 Å². The van der Waals surface area contributed by atoms with Gasteiger partial charge in [-0.25, -0.2) is 4.98 Å². The minimum atomic E-state index is 0.230. The summed E-state index contributed by atoms with van der Waals surface area (Å²) in [4.78, 5) is 4.41. The molecule has 0 atom stereocenters. The Morgan fingerprint density at radius 2 is 1.55 bits per heavy atom. The van der Waals surface area contributed by atoms with Gasteiger partial charge < -0.3 is 10.5 Å². The van der Waals surface area contributed by atoms with Gasteiger partial charge in [-0.1, -0.05) is 72.3 Å². The lowest BCUT2D eigenvalue weighted by atomic mass is 9.90. The van der Waals surface area contributed by atoms with Gasteiger partial charge in [0.1, 0.15) is 29.8 Å². The molecule has 0 saturated heterocycles. The van der Waals surface area contributed by atoms with Crippen LogP contribution in [-0.2, 0) is 6.61 Å². The molecule has 0 bridgehead atoms. The van der Waals surface area contributed by atoms with E-state index in [0.29, 0.717) is 22.9 Å². The summed E-state index contributed by atoms with van der Waals surface area (Å²) in [6, 6.07) is 27.4. The van der Waals surface area contributed by atoms with Crippen molar-refractivity contribution in [1.82, 2.24) is 4.98 Å². The summed E-state index contributed by atoms with van der Waals surface area (Å²) in [5, 5.41) is 10.5. The third-order valence-electron chi connectivity index (χ3n) is 5.08.